The highest BCUT2D eigenvalue weighted by Crippen LogP contribution is 2.32. The third-order valence-corrected chi connectivity index (χ3v) is 6.59. The van der Waals surface area contributed by atoms with Crippen molar-refractivity contribution in [2.24, 2.45) is 0 Å². The number of amides is 1. The molecule has 1 heterocycles. The Morgan fingerprint density at radius 2 is 1.77 bits per heavy atom. The van der Waals surface area contributed by atoms with E-state index in [1.54, 1.807) is 23.1 Å². The number of fused-ring (bicyclic) bond motifs is 2. The summed E-state index contributed by atoms with van der Waals surface area (Å²) in [6, 6.07) is 20.3. The van der Waals surface area contributed by atoms with Crippen LogP contribution in [-0.4, -0.2) is 49.2 Å². The molecule has 0 bridgehead atoms. The van der Waals surface area contributed by atoms with Gasteiger partial charge >= 0.3 is 0 Å². The third kappa shape index (κ3) is 4.78. The highest BCUT2D eigenvalue weighted by Gasteiger charge is 2.21. The topological polar surface area (TPSA) is 36.4 Å². The Hall–Kier alpha value is -2.12. The molecule has 4 nitrogen and oxygen atoms in total. The van der Waals surface area contributed by atoms with Gasteiger partial charge in [0.1, 0.15) is 0 Å². The Bertz CT molecular complexity index is 1180. The van der Waals surface area contributed by atoms with Crippen molar-refractivity contribution in [3.05, 3.63) is 66.2 Å². The van der Waals surface area contributed by atoms with E-state index in [2.05, 4.69) is 29.4 Å². The van der Waals surface area contributed by atoms with Crippen LogP contribution in [0.5, 0.6) is 0 Å². The van der Waals surface area contributed by atoms with Crippen LogP contribution in [0.4, 0.5) is 5.13 Å². The van der Waals surface area contributed by atoms with E-state index in [9.17, 15) is 4.79 Å². The van der Waals surface area contributed by atoms with Crippen molar-refractivity contribution < 1.29 is 4.79 Å². The maximum absolute atomic E-state index is 13.5. The molecule has 4 rings (SSSR count). The maximum Gasteiger partial charge on any atom is 0.260 e. The van der Waals surface area contributed by atoms with E-state index in [1.165, 1.54) is 4.90 Å². The largest absolute Gasteiger partial charge is 0.308 e. The number of carbonyl (C=O) groups is 1. The van der Waals surface area contributed by atoms with Crippen LogP contribution in [0.15, 0.2) is 65.6 Å². The zero-order valence-corrected chi connectivity index (χ0v) is 19.6. The van der Waals surface area contributed by atoms with E-state index in [0.29, 0.717) is 12.1 Å². The van der Waals surface area contributed by atoms with Gasteiger partial charge in [0.2, 0.25) is 0 Å². The molecule has 0 radical (unpaired) electrons. The molecule has 30 heavy (non-hydrogen) atoms. The number of thioether (sulfide) groups is 1. The van der Waals surface area contributed by atoms with Crippen LogP contribution in [0.3, 0.4) is 0 Å². The number of hydrogen-bond donors (Lipinski definition) is 0. The fourth-order valence-electron chi connectivity index (χ4n) is 3.20. The Labute approximate surface area is 191 Å². The van der Waals surface area contributed by atoms with Crippen molar-refractivity contribution in [2.45, 2.75) is 4.90 Å². The molecule has 4 aromatic rings. The van der Waals surface area contributed by atoms with Crippen molar-refractivity contribution in [3.63, 3.8) is 0 Å². The molecule has 1 aromatic heterocycles. The predicted molar refractivity (Wildman–Crippen MR) is 133 cm³/mol. The summed E-state index contributed by atoms with van der Waals surface area (Å²) in [5, 5.41) is 2.95. The van der Waals surface area contributed by atoms with Crippen LogP contribution in [0, 0.1) is 0 Å². The Morgan fingerprint density at radius 3 is 2.50 bits per heavy atom. The molecular formula is C23H24ClN3OS2. The molecule has 0 fully saturated rings. The van der Waals surface area contributed by atoms with Gasteiger partial charge in [-0.15, -0.1) is 24.2 Å². The fourth-order valence-corrected chi connectivity index (χ4v) is 4.74. The van der Waals surface area contributed by atoms with Crippen molar-refractivity contribution in [3.8, 4) is 0 Å². The van der Waals surface area contributed by atoms with Gasteiger partial charge in [-0.3, -0.25) is 9.69 Å². The fraction of sp³-hybridized carbons (Fsp3) is 0.217. The van der Waals surface area contributed by atoms with Crippen LogP contribution >= 0.6 is 35.5 Å². The molecule has 1 amide bonds. The monoisotopic (exact) mass is 457 g/mol. The maximum atomic E-state index is 13.5. The number of carbonyl (C=O) groups excluding carboxylic acids is 1. The van der Waals surface area contributed by atoms with Gasteiger partial charge < -0.3 is 4.90 Å². The summed E-state index contributed by atoms with van der Waals surface area (Å²) in [6.45, 7) is 1.36. The molecule has 3 aromatic carbocycles. The minimum absolute atomic E-state index is 0. The van der Waals surface area contributed by atoms with Gasteiger partial charge in [-0.25, -0.2) is 4.98 Å². The zero-order chi connectivity index (χ0) is 20.4. The summed E-state index contributed by atoms with van der Waals surface area (Å²) in [4.78, 5) is 23.3. The van der Waals surface area contributed by atoms with E-state index >= 15 is 0 Å². The summed E-state index contributed by atoms with van der Waals surface area (Å²) in [5.74, 6) is -0.0123. The summed E-state index contributed by atoms with van der Waals surface area (Å²) in [7, 11) is 4.03. The average Bonchev–Trinajstić information content (AvgIpc) is 3.15. The number of aromatic nitrogens is 1. The van der Waals surface area contributed by atoms with Gasteiger partial charge in [0.05, 0.1) is 10.2 Å². The Morgan fingerprint density at radius 1 is 1.00 bits per heavy atom. The smallest absolute Gasteiger partial charge is 0.260 e. The van der Waals surface area contributed by atoms with Crippen LogP contribution < -0.4 is 4.90 Å². The Balaban J connectivity index is 0.00000256. The number of anilines is 1. The number of hydrogen-bond acceptors (Lipinski definition) is 5. The molecule has 0 aliphatic rings. The molecule has 0 unspecified atom stereocenters. The second-order valence-electron chi connectivity index (χ2n) is 7.15. The van der Waals surface area contributed by atoms with Crippen molar-refractivity contribution in [2.75, 3.05) is 38.3 Å². The lowest BCUT2D eigenvalue weighted by Gasteiger charge is -2.22. The summed E-state index contributed by atoms with van der Waals surface area (Å²) in [6.07, 6.45) is 2.07. The van der Waals surface area contributed by atoms with Gasteiger partial charge in [0.25, 0.3) is 5.91 Å². The SMILES string of the molecule is CSc1ccc2nc(N(CCN(C)C)C(=O)c3ccc4ccccc4c3)sc2c1.Cl. The van der Waals surface area contributed by atoms with E-state index in [-0.39, 0.29) is 18.3 Å². The van der Waals surface area contributed by atoms with Gasteiger partial charge in [0.15, 0.2) is 5.13 Å². The Kier molecular flexibility index (Phi) is 7.36. The first-order chi connectivity index (χ1) is 14.0. The molecule has 156 valence electrons. The number of benzene rings is 3. The minimum atomic E-state index is -0.0123. The number of nitrogens with zero attached hydrogens (tertiary/aromatic N) is 3. The van der Waals surface area contributed by atoms with Gasteiger partial charge in [-0.1, -0.05) is 41.7 Å². The lowest BCUT2D eigenvalue weighted by molar-refractivity contribution is 0.0985. The molecule has 0 aliphatic heterocycles. The molecule has 0 saturated carbocycles. The first-order valence-corrected chi connectivity index (χ1v) is 11.5. The average molecular weight is 458 g/mol. The predicted octanol–water partition coefficient (Wildman–Crippen LogP) is 5.80. The second-order valence-corrected chi connectivity index (χ2v) is 9.04. The number of rotatable bonds is 6. The summed E-state index contributed by atoms with van der Waals surface area (Å²) >= 11 is 3.29. The molecule has 0 saturated heterocycles. The normalized spacial score (nSPS) is 11.1. The van der Waals surface area contributed by atoms with Crippen molar-refractivity contribution in [1.29, 1.82) is 0 Å². The zero-order valence-electron chi connectivity index (χ0n) is 17.2. The highest BCUT2D eigenvalue weighted by molar-refractivity contribution is 7.98. The van der Waals surface area contributed by atoms with E-state index in [4.69, 9.17) is 4.98 Å². The highest BCUT2D eigenvalue weighted by atomic mass is 35.5. The van der Waals surface area contributed by atoms with Crippen LogP contribution in [0.2, 0.25) is 0 Å². The number of halogens is 1. The van der Waals surface area contributed by atoms with Crippen LogP contribution in [0.25, 0.3) is 21.0 Å². The lowest BCUT2D eigenvalue weighted by Crippen LogP contribution is -2.36. The van der Waals surface area contributed by atoms with Gasteiger partial charge in [0, 0.05) is 23.5 Å². The minimum Gasteiger partial charge on any atom is -0.308 e. The van der Waals surface area contributed by atoms with E-state index < -0.39 is 0 Å². The molecule has 0 N–H and O–H groups in total. The van der Waals surface area contributed by atoms with E-state index in [1.807, 2.05) is 61.5 Å². The van der Waals surface area contributed by atoms with Gasteiger partial charge in [-0.05, 0) is 61.5 Å². The molecule has 0 aliphatic carbocycles. The first-order valence-electron chi connectivity index (χ1n) is 9.45. The third-order valence-electron chi connectivity index (χ3n) is 4.83. The molecule has 0 spiro atoms. The molecular weight excluding hydrogens is 434 g/mol. The summed E-state index contributed by atoms with van der Waals surface area (Å²) < 4.78 is 1.10. The van der Waals surface area contributed by atoms with Crippen molar-refractivity contribution >= 4 is 67.5 Å². The van der Waals surface area contributed by atoms with Gasteiger partial charge in [-0.2, -0.15) is 0 Å². The van der Waals surface area contributed by atoms with E-state index in [0.717, 1.165) is 32.7 Å². The summed E-state index contributed by atoms with van der Waals surface area (Å²) in [5.41, 5.74) is 1.62. The quantitative estimate of drug-likeness (QED) is 0.343. The molecule has 0 atom stereocenters. The van der Waals surface area contributed by atoms with Crippen LogP contribution in [0.1, 0.15) is 10.4 Å². The second kappa shape index (κ2) is 9.79. The number of likely N-dealkylation sites (N-methyl/N-ethyl adjacent to an activating group) is 1. The number of thiazole rings is 1. The van der Waals surface area contributed by atoms with Crippen molar-refractivity contribution in [1.82, 2.24) is 9.88 Å². The van der Waals surface area contributed by atoms with Crippen LogP contribution in [-0.2, 0) is 0 Å². The lowest BCUT2D eigenvalue weighted by atomic mass is 10.1. The first kappa shape index (κ1) is 22.6. The molecule has 7 heteroatoms. The standard InChI is InChI=1S/C23H23N3OS2.ClH/c1-25(2)12-13-26(23-24-20-11-10-19(28-3)15-21(20)29-23)22(27)18-9-8-16-6-4-5-7-17(16)14-18;/h4-11,14-15H,12-13H2,1-3H3;1H.